The number of carbonyl (C=O) groups is 2. The summed E-state index contributed by atoms with van der Waals surface area (Å²) in [7, 11) is 0. The van der Waals surface area contributed by atoms with Crippen LogP contribution >= 0.6 is 0 Å². The fourth-order valence-electron chi connectivity index (χ4n) is 4.34. The summed E-state index contributed by atoms with van der Waals surface area (Å²) in [6, 6.07) is 22.2. The van der Waals surface area contributed by atoms with Crippen molar-refractivity contribution in [2.45, 2.75) is 52.5 Å². The van der Waals surface area contributed by atoms with Gasteiger partial charge in [0.2, 0.25) is 0 Å². The van der Waals surface area contributed by atoms with Gasteiger partial charge in [-0.15, -0.1) is 0 Å². The molecule has 1 aliphatic heterocycles. The molecule has 1 aliphatic rings. The van der Waals surface area contributed by atoms with Crippen LogP contribution in [-0.4, -0.2) is 16.8 Å². The Balaban J connectivity index is 1.89. The zero-order chi connectivity index (χ0) is 24.6. The second-order valence-electron chi connectivity index (χ2n) is 9.93. The summed E-state index contributed by atoms with van der Waals surface area (Å²) in [6.45, 7) is 10.4. The maximum atomic E-state index is 13.3. The van der Waals surface area contributed by atoms with Crippen LogP contribution in [0.1, 0.15) is 61.6 Å². The van der Waals surface area contributed by atoms with Crippen molar-refractivity contribution < 1.29 is 14.7 Å². The molecule has 4 rings (SSSR count). The molecule has 1 N–H and O–H groups in total. The van der Waals surface area contributed by atoms with Gasteiger partial charge in [0, 0.05) is 11.3 Å². The molecule has 0 aromatic heterocycles. The number of aliphatic hydroxyl groups is 1. The van der Waals surface area contributed by atoms with Crippen molar-refractivity contribution >= 4 is 23.1 Å². The van der Waals surface area contributed by atoms with Crippen LogP contribution in [0.2, 0.25) is 0 Å². The van der Waals surface area contributed by atoms with Crippen LogP contribution in [0.3, 0.4) is 0 Å². The van der Waals surface area contributed by atoms with Crippen LogP contribution in [0.15, 0.2) is 78.4 Å². The number of hydrogen-bond donors (Lipinski definition) is 1. The number of hydrogen-bond acceptors (Lipinski definition) is 3. The molecule has 4 heteroatoms. The molecule has 34 heavy (non-hydrogen) atoms. The Morgan fingerprint density at radius 1 is 0.882 bits per heavy atom. The monoisotopic (exact) mass is 453 g/mol. The Morgan fingerprint density at radius 3 is 2.00 bits per heavy atom. The highest BCUT2D eigenvalue weighted by atomic mass is 16.3. The number of aryl methyl sites for hydroxylation is 2. The van der Waals surface area contributed by atoms with E-state index in [0.29, 0.717) is 11.3 Å². The number of aliphatic hydroxyl groups excluding tert-OH is 1. The SMILES string of the molecule is CCc1ccc(C2/C(=C(\O)c3ccc(C)cc3)C(=O)C(=O)N2c2ccc(C(C)(C)C)cc2)cc1. The van der Waals surface area contributed by atoms with Crippen molar-refractivity contribution in [1.82, 2.24) is 0 Å². The van der Waals surface area contributed by atoms with Crippen LogP contribution in [0.5, 0.6) is 0 Å². The summed E-state index contributed by atoms with van der Waals surface area (Å²) in [5, 5.41) is 11.2. The van der Waals surface area contributed by atoms with Gasteiger partial charge in [-0.2, -0.15) is 0 Å². The summed E-state index contributed by atoms with van der Waals surface area (Å²) in [4.78, 5) is 28.1. The minimum Gasteiger partial charge on any atom is -0.507 e. The predicted octanol–water partition coefficient (Wildman–Crippen LogP) is 6.48. The molecule has 0 saturated carbocycles. The predicted molar refractivity (Wildman–Crippen MR) is 137 cm³/mol. The highest BCUT2D eigenvalue weighted by molar-refractivity contribution is 6.51. The lowest BCUT2D eigenvalue weighted by Gasteiger charge is -2.27. The Labute approximate surface area is 201 Å². The zero-order valence-electron chi connectivity index (χ0n) is 20.4. The first-order chi connectivity index (χ1) is 16.1. The number of Topliss-reactive ketones (excluding diaryl/α,β-unsaturated/α-hetero) is 1. The second-order valence-corrected chi connectivity index (χ2v) is 9.93. The first-order valence-corrected chi connectivity index (χ1v) is 11.7. The van der Waals surface area contributed by atoms with E-state index < -0.39 is 17.7 Å². The third-order valence-electron chi connectivity index (χ3n) is 6.48. The van der Waals surface area contributed by atoms with E-state index in [-0.39, 0.29) is 16.7 Å². The third kappa shape index (κ3) is 4.28. The number of anilines is 1. The van der Waals surface area contributed by atoms with E-state index in [0.717, 1.165) is 28.7 Å². The van der Waals surface area contributed by atoms with Gasteiger partial charge in [0.1, 0.15) is 5.76 Å². The lowest BCUT2D eigenvalue weighted by molar-refractivity contribution is -0.132. The summed E-state index contributed by atoms with van der Waals surface area (Å²) < 4.78 is 0. The standard InChI is InChI=1S/C30H31NO3/c1-6-20-9-13-21(14-10-20)26-25(27(32)22-11-7-19(2)8-12-22)28(33)29(34)31(26)24-17-15-23(16-18-24)30(3,4)5/h7-18,26,32H,6H2,1-5H3/b27-25+. The molecular weight excluding hydrogens is 422 g/mol. The van der Waals surface area contributed by atoms with E-state index in [2.05, 4.69) is 27.7 Å². The third-order valence-corrected chi connectivity index (χ3v) is 6.48. The molecule has 0 aliphatic carbocycles. The largest absolute Gasteiger partial charge is 0.507 e. The molecule has 174 valence electrons. The van der Waals surface area contributed by atoms with E-state index >= 15 is 0 Å². The molecule has 1 fully saturated rings. The Hall–Kier alpha value is -3.66. The highest BCUT2D eigenvalue weighted by Gasteiger charge is 2.47. The lowest BCUT2D eigenvalue weighted by Crippen LogP contribution is -2.29. The maximum Gasteiger partial charge on any atom is 0.300 e. The van der Waals surface area contributed by atoms with Crippen LogP contribution in [0.25, 0.3) is 5.76 Å². The summed E-state index contributed by atoms with van der Waals surface area (Å²) in [5.41, 5.74) is 5.34. The number of carbonyl (C=O) groups excluding carboxylic acids is 2. The first-order valence-electron chi connectivity index (χ1n) is 11.7. The minimum atomic E-state index is -0.715. The molecule has 0 bridgehead atoms. The fraction of sp³-hybridized carbons (Fsp3) is 0.267. The van der Waals surface area contributed by atoms with Crippen LogP contribution in [0.4, 0.5) is 5.69 Å². The van der Waals surface area contributed by atoms with Gasteiger partial charge in [-0.25, -0.2) is 0 Å². The molecule has 0 radical (unpaired) electrons. The van der Waals surface area contributed by atoms with Crippen molar-refractivity contribution in [3.8, 4) is 0 Å². The Kier molecular flexibility index (Phi) is 6.18. The molecule has 1 saturated heterocycles. The molecule has 1 unspecified atom stereocenters. The van der Waals surface area contributed by atoms with Gasteiger partial charge in [0.05, 0.1) is 11.6 Å². The van der Waals surface area contributed by atoms with Crippen molar-refractivity contribution in [3.63, 3.8) is 0 Å². The normalized spacial score (nSPS) is 17.9. The van der Waals surface area contributed by atoms with Gasteiger partial charge in [-0.3, -0.25) is 14.5 Å². The van der Waals surface area contributed by atoms with Crippen LogP contribution in [-0.2, 0) is 21.4 Å². The van der Waals surface area contributed by atoms with E-state index in [1.807, 2.05) is 67.6 Å². The smallest absolute Gasteiger partial charge is 0.300 e. The fourth-order valence-corrected chi connectivity index (χ4v) is 4.34. The van der Waals surface area contributed by atoms with E-state index in [1.165, 1.54) is 4.90 Å². The molecule has 4 nitrogen and oxygen atoms in total. The average Bonchev–Trinajstić information content (AvgIpc) is 3.09. The van der Waals surface area contributed by atoms with Gasteiger partial charge in [0.15, 0.2) is 0 Å². The van der Waals surface area contributed by atoms with Gasteiger partial charge < -0.3 is 5.11 Å². The topological polar surface area (TPSA) is 57.6 Å². The summed E-state index contributed by atoms with van der Waals surface area (Å²) >= 11 is 0. The molecular formula is C30H31NO3. The summed E-state index contributed by atoms with van der Waals surface area (Å²) in [6.07, 6.45) is 0.887. The lowest BCUT2D eigenvalue weighted by atomic mass is 9.87. The van der Waals surface area contributed by atoms with Crippen molar-refractivity contribution in [2.75, 3.05) is 4.90 Å². The molecule has 1 heterocycles. The molecule has 3 aromatic rings. The van der Waals surface area contributed by atoms with Crippen molar-refractivity contribution in [2.24, 2.45) is 0 Å². The average molecular weight is 454 g/mol. The molecule has 1 atom stereocenters. The molecule has 3 aromatic carbocycles. The molecule has 0 spiro atoms. The maximum absolute atomic E-state index is 13.3. The highest BCUT2D eigenvalue weighted by Crippen LogP contribution is 2.42. The van der Waals surface area contributed by atoms with Gasteiger partial charge in [-0.1, -0.05) is 93.9 Å². The van der Waals surface area contributed by atoms with Crippen molar-refractivity contribution in [3.05, 3.63) is 106 Å². The second kappa shape index (κ2) is 8.94. The Bertz CT molecular complexity index is 1240. The number of nitrogens with zero attached hydrogens (tertiary/aromatic N) is 1. The number of ketones is 1. The quantitative estimate of drug-likeness (QED) is 0.279. The minimum absolute atomic E-state index is 0.0342. The van der Waals surface area contributed by atoms with Gasteiger partial charge >= 0.3 is 0 Å². The van der Waals surface area contributed by atoms with Crippen LogP contribution in [0, 0.1) is 6.92 Å². The van der Waals surface area contributed by atoms with E-state index in [1.54, 1.807) is 12.1 Å². The van der Waals surface area contributed by atoms with Crippen LogP contribution < -0.4 is 4.90 Å². The Morgan fingerprint density at radius 2 is 1.47 bits per heavy atom. The van der Waals surface area contributed by atoms with E-state index in [4.69, 9.17) is 0 Å². The zero-order valence-corrected chi connectivity index (χ0v) is 20.4. The van der Waals surface area contributed by atoms with E-state index in [9.17, 15) is 14.7 Å². The first kappa shape index (κ1) is 23.5. The number of amides is 1. The van der Waals surface area contributed by atoms with Crippen molar-refractivity contribution in [1.29, 1.82) is 0 Å². The summed E-state index contributed by atoms with van der Waals surface area (Å²) in [5.74, 6) is -1.47. The number of benzene rings is 3. The van der Waals surface area contributed by atoms with Gasteiger partial charge in [0.25, 0.3) is 11.7 Å². The molecule has 1 amide bonds. The number of rotatable bonds is 4. The van der Waals surface area contributed by atoms with Gasteiger partial charge in [-0.05, 0) is 47.6 Å².